The zero-order chi connectivity index (χ0) is 21.7. The lowest BCUT2D eigenvalue weighted by molar-refractivity contribution is -0.128. The minimum atomic E-state index is -0.282. The molecule has 1 aliphatic heterocycles. The Labute approximate surface area is 185 Å². The van der Waals surface area contributed by atoms with Crippen molar-refractivity contribution in [3.8, 4) is 5.75 Å². The molecule has 0 bridgehead atoms. The number of thioether (sulfide) groups is 1. The van der Waals surface area contributed by atoms with Gasteiger partial charge in [0.25, 0.3) is 5.91 Å². The summed E-state index contributed by atoms with van der Waals surface area (Å²) < 4.78 is 11.0. The number of ether oxygens (including phenoxy) is 1. The SMILES string of the molecule is COc1ccc(/C=C2\SC(=S)N(CC(=O)NCC(c3ccco3)N(C)C)C2=O)cc1. The Bertz CT molecular complexity index is 940. The van der Waals surface area contributed by atoms with Gasteiger partial charge in [-0.05, 0) is 50.0 Å². The number of nitrogens with zero attached hydrogens (tertiary/aromatic N) is 2. The molecule has 7 nitrogen and oxygen atoms in total. The maximum absolute atomic E-state index is 12.7. The number of hydrogen-bond donors (Lipinski definition) is 1. The Morgan fingerprint density at radius 3 is 2.67 bits per heavy atom. The lowest BCUT2D eigenvalue weighted by Crippen LogP contribution is -2.42. The first kappa shape index (κ1) is 22.1. The number of carbonyl (C=O) groups excluding carboxylic acids is 2. The largest absolute Gasteiger partial charge is 0.497 e. The predicted octanol–water partition coefficient (Wildman–Crippen LogP) is 2.91. The van der Waals surface area contributed by atoms with Gasteiger partial charge in [-0.25, -0.2) is 0 Å². The third kappa shape index (κ3) is 5.29. The molecular weight excluding hydrogens is 422 g/mol. The van der Waals surface area contributed by atoms with Gasteiger partial charge in [0, 0.05) is 6.54 Å². The number of rotatable bonds is 8. The maximum Gasteiger partial charge on any atom is 0.266 e. The van der Waals surface area contributed by atoms with Crippen molar-refractivity contribution in [1.29, 1.82) is 0 Å². The molecule has 158 valence electrons. The molecule has 0 spiro atoms. The van der Waals surface area contributed by atoms with Crippen LogP contribution in [-0.4, -0.2) is 60.2 Å². The first-order valence-corrected chi connectivity index (χ1v) is 10.5. The smallest absolute Gasteiger partial charge is 0.266 e. The summed E-state index contributed by atoms with van der Waals surface area (Å²) in [7, 11) is 5.41. The lowest BCUT2D eigenvalue weighted by Gasteiger charge is -2.23. The number of hydrogen-bond acceptors (Lipinski definition) is 7. The Kier molecular flexibility index (Phi) is 7.30. The summed E-state index contributed by atoms with van der Waals surface area (Å²) in [6.07, 6.45) is 3.36. The fourth-order valence-corrected chi connectivity index (χ4v) is 4.17. The highest BCUT2D eigenvalue weighted by Crippen LogP contribution is 2.32. The Morgan fingerprint density at radius 1 is 1.33 bits per heavy atom. The highest BCUT2D eigenvalue weighted by Gasteiger charge is 2.33. The molecule has 1 N–H and O–H groups in total. The summed E-state index contributed by atoms with van der Waals surface area (Å²) in [5, 5.41) is 2.86. The second-order valence-corrected chi connectivity index (χ2v) is 8.52. The standard InChI is InChI=1S/C21H23N3O4S2/c1-23(2)16(17-5-4-10-28-17)12-22-19(25)13-24-20(26)18(30-21(24)29)11-14-6-8-15(27-3)9-7-14/h4-11,16H,12-13H2,1-3H3,(H,22,25)/b18-11-. The topological polar surface area (TPSA) is 75.0 Å². The van der Waals surface area contributed by atoms with E-state index in [-0.39, 0.29) is 24.4 Å². The monoisotopic (exact) mass is 445 g/mol. The van der Waals surface area contributed by atoms with Crippen LogP contribution in [0, 0.1) is 0 Å². The second-order valence-electron chi connectivity index (χ2n) is 6.84. The van der Waals surface area contributed by atoms with Crippen LogP contribution in [0.5, 0.6) is 5.75 Å². The fourth-order valence-electron chi connectivity index (χ4n) is 2.92. The number of furan rings is 1. The van der Waals surface area contributed by atoms with E-state index >= 15 is 0 Å². The van der Waals surface area contributed by atoms with Crippen LogP contribution in [0.3, 0.4) is 0 Å². The third-order valence-corrected chi connectivity index (χ3v) is 5.95. The van der Waals surface area contributed by atoms with Crippen LogP contribution in [0.4, 0.5) is 0 Å². The molecule has 1 aromatic heterocycles. The summed E-state index contributed by atoms with van der Waals surface area (Å²) >= 11 is 6.51. The first-order chi connectivity index (χ1) is 14.4. The molecule has 0 saturated carbocycles. The highest BCUT2D eigenvalue weighted by atomic mass is 32.2. The third-order valence-electron chi connectivity index (χ3n) is 4.58. The number of carbonyl (C=O) groups is 2. The van der Waals surface area contributed by atoms with Gasteiger partial charge >= 0.3 is 0 Å². The molecule has 1 atom stereocenters. The van der Waals surface area contributed by atoms with Crippen molar-refractivity contribution in [2.75, 3.05) is 34.3 Å². The summed E-state index contributed by atoms with van der Waals surface area (Å²) in [6, 6.07) is 10.9. The molecule has 9 heteroatoms. The minimum Gasteiger partial charge on any atom is -0.497 e. The Balaban J connectivity index is 1.60. The zero-order valence-corrected chi connectivity index (χ0v) is 18.6. The molecule has 1 unspecified atom stereocenters. The molecule has 2 heterocycles. The molecular formula is C21H23N3O4S2. The molecule has 1 fully saturated rings. The van der Waals surface area contributed by atoms with Crippen LogP contribution in [-0.2, 0) is 9.59 Å². The number of methoxy groups -OCH3 is 1. The molecule has 0 radical (unpaired) electrons. The number of likely N-dealkylation sites (N-methyl/N-ethyl adjacent to an activating group) is 1. The van der Waals surface area contributed by atoms with Crippen LogP contribution in [0.25, 0.3) is 6.08 Å². The van der Waals surface area contributed by atoms with Crippen LogP contribution >= 0.6 is 24.0 Å². The van der Waals surface area contributed by atoms with E-state index < -0.39 is 0 Å². The van der Waals surface area contributed by atoms with Gasteiger partial charge in [0.2, 0.25) is 5.91 Å². The number of thiocarbonyl (C=S) groups is 1. The van der Waals surface area contributed by atoms with Gasteiger partial charge in [-0.15, -0.1) is 0 Å². The molecule has 1 aromatic carbocycles. The highest BCUT2D eigenvalue weighted by molar-refractivity contribution is 8.26. The van der Waals surface area contributed by atoms with E-state index in [4.69, 9.17) is 21.4 Å². The van der Waals surface area contributed by atoms with Gasteiger partial charge in [-0.2, -0.15) is 0 Å². The fraction of sp³-hybridized carbons (Fsp3) is 0.286. The zero-order valence-electron chi connectivity index (χ0n) is 17.0. The van der Waals surface area contributed by atoms with Gasteiger partial charge in [0.05, 0.1) is 24.3 Å². The van der Waals surface area contributed by atoms with E-state index in [1.807, 2.05) is 55.4 Å². The number of nitrogens with one attached hydrogen (secondary N) is 1. The first-order valence-electron chi connectivity index (χ1n) is 9.25. The average Bonchev–Trinajstić information content (AvgIpc) is 3.33. The van der Waals surface area contributed by atoms with Crippen LogP contribution < -0.4 is 10.1 Å². The van der Waals surface area contributed by atoms with E-state index in [0.29, 0.717) is 15.8 Å². The number of benzene rings is 1. The summed E-state index contributed by atoms with van der Waals surface area (Å²) in [4.78, 5) is 29.0. The quantitative estimate of drug-likeness (QED) is 0.495. The predicted molar refractivity (Wildman–Crippen MR) is 121 cm³/mol. The van der Waals surface area contributed by atoms with Crippen LogP contribution in [0.2, 0.25) is 0 Å². The molecule has 1 aliphatic rings. The average molecular weight is 446 g/mol. The van der Waals surface area contributed by atoms with Crippen molar-refractivity contribution in [3.05, 3.63) is 58.9 Å². The van der Waals surface area contributed by atoms with E-state index in [1.165, 1.54) is 16.7 Å². The van der Waals surface area contributed by atoms with Crippen molar-refractivity contribution < 1.29 is 18.7 Å². The van der Waals surface area contributed by atoms with Crippen molar-refractivity contribution in [2.45, 2.75) is 6.04 Å². The summed E-state index contributed by atoms with van der Waals surface area (Å²) in [6.45, 7) is 0.235. The summed E-state index contributed by atoms with van der Waals surface area (Å²) in [5.41, 5.74) is 0.855. The van der Waals surface area contributed by atoms with Gasteiger partial charge in [-0.1, -0.05) is 36.1 Å². The lowest BCUT2D eigenvalue weighted by atomic mass is 10.2. The van der Waals surface area contributed by atoms with Gasteiger partial charge in [0.15, 0.2) is 0 Å². The maximum atomic E-state index is 12.7. The molecule has 30 heavy (non-hydrogen) atoms. The van der Waals surface area contributed by atoms with E-state index in [0.717, 1.165) is 17.1 Å². The molecule has 2 amide bonds. The number of amides is 2. The van der Waals surface area contributed by atoms with E-state index in [2.05, 4.69) is 5.32 Å². The molecule has 0 aliphatic carbocycles. The molecule has 2 aromatic rings. The van der Waals surface area contributed by atoms with Crippen molar-refractivity contribution >= 4 is 46.2 Å². The van der Waals surface area contributed by atoms with Gasteiger partial charge in [0.1, 0.15) is 22.4 Å². The second kappa shape index (κ2) is 9.92. The summed E-state index contributed by atoms with van der Waals surface area (Å²) in [5.74, 6) is 0.942. The van der Waals surface area contributed by atoms with Gasteiger partial charge < -0.3 is 14.5 Å². The molecule has 1 saturated heterocycles. The van der Waals surface area contributed by atoms with Gasteiger partial charge in [-0.3, -0.25) is 19.4 Å². The Morgan fingerprint density at radius 2 is 2.07 bits per heavy atom. The van der Waals surface area contributed by atoms with Crippen molar-refractivity contribution in [2.24, 2.45) is 0 Å². The van der Waals surface area contributed by atoms with Crippen molar-refractivity contribution in [3.63, 3.8) is 0 Å². The molecule has 3 rings (SSSR count). The normalized spacial score (nSPS) is 16.4. The van der Waals surface area contributed by atoms with E-state index in [1.54, 1.807) is 19.4 Å². The minimum absolute atomic E-state index is 0.106. The van der Waals surface area contributed by atoms with E-state index in [9.17, 15) is 9.59 Å². The van der Waals surface area contributed by atoms with Crippen molar-refractivity contribution in [1.82, 2.24) is 15.1 Å². The Hall–Kier alpha value is -2.62. The van der Waals surface area contributed by atoms with Crippen LogP contribution in [0.15, 0.2) is 52.0 Å². The van der Waals surface area contributed by atoms with Crippen LogP contribution in [0.1, 0.15) is 17.4 Å².